The number of hydrogen-bond acceptors (Lipinski definition) is 2. The molecule has 118 valence electrons. The van der Waals surface area contributed by atoms with E-state index in [1.165, 1.54) is 5.56 Å². The molecule has 2 aromatic heterocycles. The van der Waals surface area contributed by atoms with Gasteiger partial charge in [-0.2, -0.15) is 0 Å². The fourth-order valence-electron chi connectivity index (χ4n) is 2.74. The van der Waals surface area contributed by atoms with Crippen molar-refractivity contribution < 1.29 is 4.79 Å². The van der Waals surface area contributed by atoms with Crippen LogP contribution in [0, 0.1) is 0 Å². The molecule has 3 rings (SSSR count). The summed E-state index contributed by atoms with van der Waals surface area (Å²) in [5.41, 5.74) is 2.68. The van der Waals surface area contributed by atoms with E-state index in [4.69, 9.17) is 0 Å². The van der Waals surface area contributed by atoms with E-state index in [1.807, 2.05) is 53.9 Å². The van der Waals surface area contributed by atoms with Crippen LogP contribution in [0.15, 0.2) is 54.7 Å². The highest BCUT2D eigenvalue weighted by Crippen LogP contribution is 2.13. The molecule has 0 saturated carbocycles. The Morgan fingerprint density at radius 1 is 1.13 bits per heavy atom. The third kappa shape index (κ3) is 3.42. The maximum absolute atomic E-state index is 12.4. The van der Waals surface area contributed by atoms with Gasteiger partial charge in [0.25, 0.3) is 5.91 Å². The maximum Gasteiger partial charge on any atom is 0.272 e. The quantitative estimate of drug-likeness (QED) is 0.711. The van der Waals surface area contributed by atoms with Crippen LogP contribution in [-0.4, -0.2) is 21.8 Å². The van der Waals surface area contributed by atoms with Gasteiger partial charge in [0.2, 0.25) is 0 Å². The van der Waals surface area contributed by atoms with Crippen molar-refractivity contribution >= 4 is 11.4 Å². The second-order valence-corrected chi connectivity index (χ2v) is 5.53. The van der Waals surface area contributed by atoms with Crippen LogP contribution in [0.3, 0.4) is 0 Å². The van der Waals surface area contributed by atoms with E-state index < -0.39 is 0 Å². The zero-order valence-corrected chi connectivity index (χ0v) is 13.3. The molecular weight excluding hydrogens is 286 g/mol. The highest BCUT2D eigenvalue weighted by Gasteiger charge is 2.15. The van der Waals surface area contributed by atoms with Crippen molar-refractivity contribution in [3.8, 4) is 0 Å². The molecule has 1 N–H and O–H groups in total. The van der Waals surface area contributed by atoms with Crippen LogP contribution in [0.1, 0.15) is 35.2 Å². The van der Waals surface area contributed by atoms with Gasteiger partial charge in [0.05, 0.1) is 5.52 Å². The summed E-state index contributed by atoms with van der Waals surface area (Å²) < 4.78 is 1.99. The number of pyridine rings is 1. The molecular formula is C19H21N3O. The highest BCUT2D eigenvalue weighted by molar-refractivity contribution is 5.99. The fraction of sp³-hybridized carbons (Fsp3) is 0.263. The number of imidazole rings is 1. The summed E-state index contributed by atoms with van der Waals surface area (Å²) in [5, 5.41) is 2.98. The summed E-state index contributed by atoms with van der Waals surface area (Å²) in [5.74, 6) is 0.816. The number of benzene rings is 1. The number of hydrogen-bond donors (Lipinski definition) is 1. The first-order valence-corrected chi connectivity index (χ1v) is 8.07. The van der Waals surface area contributed by atoms with E-state index in [2.05, 4.69) is 22.4 Å². The molecule has 0 aliphatic heterocycles. The monoisotopic (exact) mass is 307 g/mol. The largest absolute Gasteiger partial charge is 0.351 e. The molecule has 4 heteroatoms. The summed E-state index contributed by atoms with van der Waals surface area (Å²) in [6.07, 6.45) is 4.63. The average Bonchev–Trinajstić information content (AvgIpc) is 2.98. The minimum Gasteiger partial charge on any atom is -0.351 e. The SMILES string of the molecule is CCc1nc(C(=O)NCCCc2ccccc2)c2ccccn12. The topological polar surface area (TPSA) is 46.4 Å². The number of carbonyl (C=O) groups excluding carboxylic acids is 1. The van der Waals surface area contributed by atoms with Crippen molar-refractivity contribution in [1.82, 2.24) is 14.7 Å². The van der Waals surface area contributed by atoms with Gasteiger partial charge in [-0.25, -0.2) is 4.98 Å². The van der Waals surface area contributed by atoms with Crippen LogP contribution in [0.4, 0.5) is 0 Å². The van der Waals surface area contributed by atoms with Crippen LogP contribution in [0.5, 0.6) is 0 Å². The molecule has 1 amide bonds. The Kier molecular flexibility index (Phi) is 4.71. The number of nitrogens with zero attached hydrogens (tertiary/aromatic N) is 2. The Bertz CT molecular complexity index is 793. The molecule has 0 aliphatic carbocycles. The third-order valence-electron chi connectivity index (χ3n) is 3.92. The Morgan fingerprint density at radius 2 is 1.91 bits per heavy atom. The van der Waals surface area contributed by atoms with Gasteiger partial charge in [-0.3, -0.25) is 4.79 Å². The Balaban J connectivity index is 1.62. The predicted octanol–water partition coefficient (Wildman–Crippen LogP) is 3.26. The Labute approximate surface area is 136 Å². The van der Waals surface area contributed by atoms with Crippen LogP contribution in [0.25, 0.3) is 5.52 Å². The summed E-state index contributed by atoms with van der Waals surface area (Å²) in [6, 6.07) is 16.1. The number of aryl methyl sites for hydroxylation is 2. The first-order chi connectivity index (χ1) is 11.3. The van der Waals surface area contributed by atoms with Gasteiger partial charge >= 0.3 is 0 Å². The number of aromatic nitrogens is 2. The van der Waals surface area contributed by atoms with E-state index in [-0.39, 0.29) is 5.91 Å². The van der Waals surface area contributed by atoms with Gasteiger partial charge in [0.15, 0.2) is 5.69 Å². The lowest BCUT2D eigenvalue weighted by molar-refractivity contribution is 0.0950. The number of carbonyl (C=O) groups is 1. The van der Waals surface area contributed by atoms with Gasteiger partial charge in [-0.15, -0.1) is 0 Å². The van der Waals surface area contributed by atoms with Crippen LogP contribution in [-0.2, 0) is 12.8 Å². The van der Waals surface area contributed by atoms with Gasteiger partial charge in [-0.1, -0.05) is 43.3 Å². The minimum atomic E-state index is -0.0959. The second-order valence-electron chi connectivity index (χ2n) is 5.53. The van der Waals surface area contributed by atoms with Crippen LogP contribution in [0.2, 0.25) is 0 Å². The lowest BCUT2D eigenvalue weighted by Gasteiger charge is -2.04. The van der Waals surface area contributed by atoms with E-state index in [9.17, 15) is 4.79 Å². The van der Waals surface area contributed by atoms with E-state index in [0.717, 1.165) is 30.6 Å². The highest BCUT2D eigenvalue weighted by atomic mass is 16.1. The summed E-state index contributed by atoms with van der Waals surface area (Å²) in [7, 11) is 0. The molecule has 0 fully saturated rings. The van der Waals surface area contributed by atoms with Crippen molar-refractivity contribution in [1.29, 1.82) is 0 Å². The molecule has 0 aliphatic rings. The van der Waals surface area contributed by atoms with Crippen molar-refractivity contribution in [3.63, 3.8) is 0 Å². The van der Waals surface area contributed by atoms with Gasteiger partial charge in [-0.05, 0) is 30.5 Å². The lowest BCUT2D eigenvalue weighted by atomic mass is 10.1. The van der Waals surface area contributed by atoms with Crippen molar-refractivity contribution in [3.05, 3.63) is 71.8 Å². The number of rotatable bonds is 6. The lowest BCUT2D eigenvalue weighted by Crippen LogP contribution is -2.25. The molecule has 2 heterocycles. The van der Waals surface area contributed by atoms with E-state index in [0.29, 0.717) is 12.2 Å². The second kappa shape index (κ2) is 7.09. The standard InChI is InChI=1S/C19H21N3O/c1-2-17-21-18(16-12-6-7-14-22(16)17)19(23)20-13-8-11-15-9-4-3-5-10-15/h3-7,9-10,12,14H,2,8,11,13H2,1H3,(H,20,23). The molecule has 3 aromatic rings. The first kappa shape index (κ1) is 15.3. The van der Waals surface area contributed by atoms with Crippen molar-refractivity contribution in [2.75, 3.05) is 6.54 Å². The van der Waals surface area contributed by atoms with E-state index >= 15 is 0 Å². The minimum absolute atomic E-state index is 0.0959. The first-order valence-electron chi connectivity index (χ1n) is 8.07. The van der Waals surface area contributed by atoms with E-state index in [1.54, 1.807) is 0 Å². The third-order valence-corrected chi connectivity index (χ3v) is 3.92. The summed E-state index contributed by atoms with van der Waals surface area (Å²) in [4.78, 5) is 16.9. The number of amides is 1. The molecule has 0 radical (unpaired) electrons. The predicted molar refractivity (Wildman–Crippen MR) is 91.7 cm³/mol. The zero-order valence-electron chi connectivity index (χ0n) is 13.3. The number of fused-ring (bicyclic) bond motifs is 1. The van der Waals surface area contributed by atoms with Gasteiger partial charge < -0.3 is 9.72 Å². The van der Waals surface area contributed by atoms with Crippen LogP contribution >= 0.6 is 0 Å². The zero-order chi connectivity index (χ0) is 16.1. The molecule has 0 saturated heterocycles. The Hall–Kier alpha value is -2.62. The van der Waals surface area contributed by atoms with Crippen molar-refractivity contribution in [2.45, 2.75) is 26.2 Å². The summed E-state index contributed by atoms with van der Waals surface area (Å²) >= 11 is 0. The van der Waals surface area contributed by atoms with Crippen molar-refractivity contribution in [2.24, 2.45) is 0 Å². The molecule has 4 nitrogen and oxygen atoms in total. The van der Waals surface area contributed by atoms with Crippen LogP contribution < -0.4 is 5.32 Å². The summed E-state index contributed by atoms with van der Waals surface area (Å²) in [6.45, 7) is 2.70. The smallest absolute Gasteiger partial charge is 0.272 e. The molecule has 0 spiro atoms. The number of nitrogens with one attached hydrogen (secondary N) is 1. The molecule has 0 atom stereocenters. The maximum atomic E-state index is 12.4. The Morgan fingerprint density at radius 3 is 2.70 bits per heavy atom. The fourth-order valence-corrected chi connectivity index (χ4v) is 2.74. The molecule has 1 aromatic carbocycles. The average molecular weight is 307 g/mol. The molecule has 23 heavy (non-hydrogen) atoms. The molecule has 0 bridgehead atoms. The normalized spacial score (nSPS) is 10.8. The molecule has 0 unspecified atom stereocenters. The van der Waals surface area contributed by atoms with Gasteiger partial charge in [0.1, 0.15) is 5.82 Å². The van der Waals surface area contributed by atoms with Gasteiger partial charge in [0, 0.05) is 19.2 Å².